The fourth-order valence-electron chi connectivity index (χ4n) is 4.08. The molecule has 0 aliphatic heterocycles. The summed E-state index contributed by atoms with van der Waals surface area (Å²) in [5.41, 5.74) is -0.677. The fourth-order valence-corrected chi connectivity index (χ4v) is 4.08. The predicted molar refractivity (Wildman–Crippen MR) is 116 cm³/mol. The van der Waals surface area contributed by atoms with Gasteiger partial charge in [-0.2, -0.15) is 0 Å². The fraction of sp³-hybridized carbons (Fsp3) is 0.826. The van der Waals surface area contributed by atoms with Crippen LogP contribution in [0.1, 0.15) is 127 Å². The Morgan fingerprint density at radius 2 is 1.36 bits per heavy atom. The number of ketones is 1. The van der Waals surface area contributed by atoms with Crippen LogP contribution in [0.25, 0.3) is 0 Å². The van der Waals surface area contributed by atoms with Crippen molar-refractivity contribution in [3.63, 3.8) is 0 Å². The minimum atomic E-state index is -0.439. The molecule has 0 spiro atoms. The molecule has 0 unspecified atom stereocenters. The summed E-state index contributed by atoms with van der Waals surface area (Å²) in [7, 11) is 0. The summed E-state index contributed by atoms with van der Waals surface area (Å²) in [6.07, 6.45) is 18.3. The number of rotatable bonds is 17. The van der Waals surface area contributed by atoms with Gasteiger partial charge < -0.3 is 0 Å². The third-order valence-electron chi connectivity index (χ3n) is 6.06. The molecule has 1 aromatic heterocycles. The van der Waals surface area contributed by atoms with Crippen LogP contribution in [0.2, 0.25) is 0 Å². The summed E-state index contributed by atoms with van der Waals surface area (Å²) in [6, 6.07) is 0. The lowest BCUT2D eigenvalue weighted by atomic mass is 9.71. The lowest BCUT2D eigenvalue weighted by Gasteiger charge is -2.31. The number of carbonyl (C=O) groups excluding carboxylic acids is 1. The largest absolute Gasteiger partial charge is 0.293 e. The van der Waals surface area contributed by atoms with Gasteiger partial charge >= 0.3 is 0 Å². The normalized spacial score (nSPS) is 11.7. The third-order valence-corrected chi connectivity index (χ3v) is 6.06. The molecular formula is C23H41N3O2. The Hall–Kier alpha value is -1.52. The average molecular weight is 392 g/mol. The van der Waals surface area contributed by atoms with Crippen molar-refractivity contribution in [1.29, 1.82) is 0 Å². The quantitative estimate of drug-likeness (QED) is 0.252. The first kappa shape index (κ1) is 24.5. The van der Waals surface area contributed by atoms with E-state index in [1.807, 2.05) is 0 Å². The number of Topliss-reactive ketones (excluding diaryl/α,β-unsaturated/α-hetero) is 1. The molecule has 5 nitrogen and oxygen atoms in total. The molecule has 0 radical (unpaired) electrons. The Kier molecular flexibility index (Phi) is 12.7. The summed E-state index contributed by atoms with van der Waals surface area (Å²) < 4.78 is 0. The smallest absolute Gasteiger partial charge is 0.278 e. The number of aromatic amines is 1. The Morgan fingerprint density at radius 1 is 0.857 bits per heavy atom. The first-order chi connectivity index (χ1) is 13.6. The Labute approximate surface area is 171 Å². The molecule has 0 fully saturated rings. The number of aromatic nitrogens is 3. The topological polar surface area (TPSA) is 75.7 Å². The van der Waals surface area contributed by atoms with E-state index >= 15 is 0 Å². The lowest BCUT2D eigenvalue weighted by molar-refractivity contribution is 0.0732. The highest BCUT2D eigenvalue weighted by molar-refractivity contribution is 5.99. The highest BCUT2D eigenvalue weighted by atomic mass is 16.1. The van der Waals surface area contributed by atoms with E-state index in [2.05, 4.69) is 36.2 Å². The van der Waals surface area contributed by atoms with E-state index < -0.39 is 11.0 Å². The molecule has 1 aromatic rings. The number of H-pyrrole nitrogens is 1. The van der Waals surface area contributed by atoms with Crippen molar-refractivity contribution < 1.29 is 4.79 Å². The molecule has 28 heavy (non-hydrogen) atoms. The minimum Gasteiger partial charge on any atom is -0.293 e. The van der Waals surface area contributed by atoms with Gasteiger partial charge in [0, 0.05) is 5.41 Å². The molecule has 160 valence electrons. The monoisotopic (exact) mass is 391 g/mol. The maximum absolute atomic E-state index is 13.4. The van der Waals surface area contributed by atoms with Crippen LogP contribution in [0.4, 0.5) is 0 Å². The van der Waals surface area contributed by atoms with Crippen LogP contribution in [0.15, 0.2) is 11.0 Å². The number of carbonyl (C=O) groups is 1. The highest BCUT2D eigenvalue weighted by Gasteiger charge is 2.37. The van der Waals surface area contributed by atoms with Crippen molar-refractivity contribution in [3.05, 3.63) is 22.1 Å². The number of nitrogens with one attached hydrogen (secondary N) is 1. The molecular weight excluding hydrogens is 350 g/mol. The Balaban J connectivity index is 2.76. The highest BCUT2D eigenvalue weighted by Crippen LogP contribution is 2.38. The Morgan fingerprint density at radius 3 is 1.82 bits per heavy atom. The summed E-state index contributed by atoms with van der Waals surface area (Å²) >= 11 is 0. The van der Waals surface area contributed by atoms with Crippen LogP contribution < -0.4 is 5.56 Å². The predicted octanol–water partition coefficient (Wildman–Crippen LogP) is 6.25. The summed E-state index contributed by atoms with van der Waals surface area (Å²) in [4.78, 5) is 25.5. The van der Waals surface area contributed by atoms with Crippen LogP contribution in [0, 0.1) is 5.41 Å². The van der Waals surface area contributed by atoms with E-state index in [-0.39, 0.29) is 11.3 Å². The van der Waals surface area contributed by atoms with Gasteiger partial charge in [-0.05, 0) is 19.3 Å². The van der Waals surface area contributed by atoms with Gasteiger partial charge in [0.15, 0.2) is 5.78 Å². The molecule has 0 aliphatic carbocycles. The first-order valence-corrected chi connectivity index (χ1v) is 11.6. The van der Waals surface area contributed by atoms with E-state index in [0.29, 0.717) is 0 Å². The zero-order valence-corrected chi connectivity index (χ0v) is 18.4. The van der Waals surface area contributed by atoms with Crippen molar-refractivity contribution in [2.24, 2.45) is 5.41 Å². The van der Waals surface area contributed by atoms with Gasteiger partial charge in [0.25, 0.3) is 5.56 Å². The molecule has 0 bridgehead atoms. The standard InChI is InChI=1S/C23H41N3O2/c1-4-7-9-11-13-15-17-23(6-3,18-16-14-12-10-8-5-2)21(27)20-19-24-26-25-22(20)28/h19H,4-18H2,1-3H3,(H,24,25,28). The minimum absolute atomic E-state index is 0.0340. The summed E-state index contributed by atoms with van der Waals surface area (Å²) in [5.74, 6) is -0.0340. The SMILES string of the molecule is CCCCCCCCC(CC)(CCCCCCCC)C(=O)c1cnn[nH]c1=O. The van der Waals surface area contributed by atoms with Crippen LogP contribution in [0.3, 0.4) is 0 Å². The molecule has 1 rings (SSSR count). The molecule has 0 saturated carbocycles. The van der Waals surface area contributed by atoms with Gasteiger partial charge in [0.2, 0.25) is 0 Å². The van der Waals surface area contributed by atoms with Crippen molar-refractivity contribution in [3.8, 4) is 0 Å². The number of hydrogen-bond donors (Lipinski definition) is 1. The Bertz CT molecular complexity index is 582. The van der Waals surface area contributed by atoms with Crippen LogP contribution in [-0.2, 0) is 0 Å². The molecule has 0 amide bonds. The van der Waals surface area contributed by atoms with Gasteiger partial charge in [0.05, 0.1) is 6.20 Å². The van der Waals surface area contributed by atoms with E-state index in [0.717, 1.165) is 44.9 Å². The van der Waals surface area contributed by atoms with E-state index in [9.17, 15) is 9.59 Å². The second kappa shape index (κ2) is 14.5. The van der Waals surface area contributed by atoms with E-state index in [1.54, 1.807) is 0 Å². The maximum atomic E-state index is 13.4. The summed E-state index contributed by atoms with van der Waals surface area (Å²) in [6.45, 7) is 6.54. The van der Waals surface area contributed by atoms with Crippen LogP contribution in [-0.4, -0.2) is 21.2 Å². The van der Waals surface area contributed by atoms with Crippen LogP contribution >= 0.6 is 0 Å². The third kappa shape index (κ3) is 8.24. The second-order valence-electron chi connectivity index (χ2n) is 8.20. The van der Waals surface area contributed by atoms with Crippen molar-refractivity contribution >= 4 is 5.78 Å². The van der Waals surface area contributed by atoms with Gasteiger partial charge in [-0.3, -0.25) is 9.59 Å². The average Bonchev–Trinajstić information content (AvgIpc) is 2.71. The number of hydrogen-bond acceptors (Lipinski definition) is 4. The van der Waals surface area contributed by atoms with Crippen molar-refractivity contribution in [2.45, 2.75) is 117 Å². The molecule has 0 saturated heterocycles. The van der Waals surface area contributed by atoms with Gasteiger partial charge in [0.1, 0.15) is 5.56 Å². The van der Waals surface area contributed by atoms with Gasteiger partial charge in [-0.25, -0.2) is 5.10 Å². The van der Waals surface area contributed by atoms with Crippen molar-refractivity contribution in [1.82, 2.24) is 15.4 Å². The maximum Gasteiger partial charge on any atom is 0.278 e. The molecule has 0 atom stereocenters. The molecule has 5 heteroatoms. The zero-order valence-electron chi connectivity index (χ0n) is 18.4. The molecule has 0 aliphatic rings. The summed E-state index contributed by atoms with van der Waals surface area (Å²) in [5, 5.41) is 9.57. The van der Waals surface area contributed by atoms with E-state index in [1.165, 1.54) is 57.6 Å². The lowest BCUT2D eigenvalue weighted by Crippen LogP contribution is -2.35. The molecule has 0 aromatic carbocycles. The first-order valence-electron chi connectivity index (χ1n) is 11.6. The number of nitrogens with zero attached hydrogens (tertiary/aromatic N) is 2. The molecule has 1 heterocycles. The van der Waals surface area contributed by atoms with Gasteiger partial charge in [-0.1, -0.05) is 103 Å². The van der Waals surface area contributed by atoms with Crippen molar-refractivity contribution in [2.75, 3.05) is 0 Å². The van der Waals surface area contributed by atoms with Gasteiger partial charge in [-0.15, -0.1) is 5.10 Å². The van der Waals surface area contributed by atoms with E-state index in [4.69, 9.17) is 0 Å². The zero-order chi connectivity index (χ0) is 20.7. The van der Waals surface area contributed by atoms with Crippen LogP contribution in [0.5, 0.6) is 0 Å². The second-order valence-corrected chi connectivity index (χ2v) is 8.20. The number of unbranched alkanes of at least 4 members (excludes halogenated alkanes) is 10. The molecule has 1 N–H and O–H groups in total.